The minimum atomic E-state index is 0.0348. The van der Waals surface area contributed by atoms with E-state index >= 15 is 0 Å². The van der Waals surface area contributed by atoms with E-state index in [1.165, 1.54) is 62.5 Å². The van der Waals surface area contributed by atoms with E-state index in [1.54, 1.807) is 17.2 Å². The van der Waals surface area contributed by atoms with Crippen LogP contribution in [0.1, 0.15) is 106 Å². The fourth-order valence-electron chi connectivity index (χ4n) is 6.67. The first kappa shape index (κ1) is 27.8. The molecule has 0 bridgehead atoms. The molecule has 2 saturated carbocycles. The van der Waals surface area contributed by atoms with Gasteiger partial charge in [0.15, 0.2) is 0 Å². The Bertz CT molecular complexity index is 893. The molecular formula is C33H51NO. The summed E-state index contributed by atoms with van der Waals surface area (Å²) in [6.07, 6.45) is 21.4. The Balaban J connectivity index is 1.64. The maximum atomic E-state index is 5.45. The average Bonchev–Trinajstić information content (AvgIpc) is 3.15. The molecular weight excluding hydrogens is 426 g/mol. The van der Waals surface area contributed by atoms with Crippen molar-refractivity contribution in [2.75, 3.05) is 6.61 Å². The summed E-state index contributed by atoms with van der Waals surface area (Å²) in [4.78, 5) is 5.45. The quantitative estimate of drug-likeness (QED) is 0.140. The van der Waals surface area contributed by atoms with Gasteiger partial charge in [0.1, 0.15) is 6.61 Å². The van der Waals surface area contributed by atoms with Crippen molar-refractivity contribution in [3.63, 3.8) is 0 Å². The first-order valence-corrected chi connectivity index (χ1v) is 14.1. The van der Waals surface area contributed by atoms with Crippen LogP contribution in [0.3, 0.4) is 0 Å². The molecule has 0 aromatic heterocycles. The molecule has 2 heteroatoms. The normalized spacial score (nSPS) is 30.9. The van der Waals surface area contributed by atoms with Gasteiger partial charge in [0.05, 0.1) is 5.71 Å². The molecule has 0 aromatic carbocycles. The highest BCUT2D eigenvalue weighted by atomic mass is 16.6. The van der Waals surface area contributed by atoms with Crippen molar-refractivity contribution in [1.82, 2.24) is 0 Å². The van der Waals surface area contributed by atoms with Crippen LogP contribution in [0.25, 0.3) is 0 Å². The van der Waals surface area contributed by atoms with E-state index in [1.807, 2.05) is 0 Å². The van der Waals surface area contributed by atoms with Crippen molar-refractivity contribution >= 4 is 5.71 Å². The van der Waals surface area contributed by atoms with Crippen LogP contribution in [0.2, 0.25) is 0 Å². The maximum Gasteiger partial charge on any atom is 0.135 e. The summed E-state index contributed by atoms with van der Waals surface area (Å²) in [5.74, 6) is 2.09. The van der Waals surface area contributed by atoms with E-state index in [4.69, 9.17) is 4.84 Å². The van der Waals surface area contributed by atoms with E-state index < -0.39 is 0 Å². The number of nitrogens with zero attached hydrogens (tertiary/aromatic N) is 1. The van der Waals surface area contributed by atoms with E-state index in [-0.39, 0.29) is 5.41 Å². The van der Waals surface area contributed by atoms with Gasteiger partial charge in [0.25, 0.3) is 0 Å². The summed E-state index contributed by atoms with van der Waals surface area (Å²) in [7, 11) is 0. The van der Waals surface area contributed by atoms with Gasteiger partial charge in [0.2, 0.25) is 0 Å². The molecule has 0 spiro atoms. The molecule has 3 aliphatic carbocycles. The Morgan fingerprint density at radius 1 is 1.29 bits per heavy atom. The van der Waals surface area contributed by atoms with Crippen molar-refractivity contribution < 1.29 is 4.84 Å². The minimum Gasteiger partial charge on any atom is -0.392 e. The first-order chi connectivity index (χ1) is 16.6. The molecule has 3 aliphatic rings. The third-order valence-electron chi connectivity index (χ3n) is 8.89. The van der Waals surface area contributed by atoms with E-state index in [0.29, 0.717) is 23.9 Å². The molecule has 0 aromatic rings. The standard InChI is InChI=1S/C33H51NO/c1-9-22-35-34-31(32(5,6)7)14-10-12-26(4)29-19-20-30-27(13-11-21-33(29,30)8)17-18-28-23-24(2)15-16-25(28)3/h9,17-19,24,26,30H,1,3,10-16,20-23H2,2,4-8H3/t24-,26+,30-,33+/m0/s1. The lowest BCUT2D eigenvalue weighted by Gasteiger charge is -2.42. The molecule has 194 valence electrons. The molecule has 0 saturated heterocycles. The van der Waals surface area contributed by atoms with Crippen LogP contribution in [-0.2, 0) is 4.84 Å². The summed E-state index contributed by atoms with van der Waals surface area (Å²) in [5, 5.41) is 4.45. The van der Waals surface area contributed by atoms with Crippen molar-refractivity contribution in [2.45, 2.75) is 106 Å². The largest absolute Gasteiger partial charge is 0.392 e. The molecule has 0 radical (unpaired) electrons. The first-order valence-electron chi connectivity index (χ1n) is 14.1. The highest BCUT2D eigenvalue weighted by Crippen LogP contribution is 2.57. The predicted molar refractivity (Wildman–Crippen MR) is 153 cm³/mol. The number of allylic oxidation sites excluding steroid dienone is 7. The Labute approximate surface area is 216 Å². The number of hydrogen-bond acceptors (Lipinski definition) is 2. The van der Waals surface area contributed by atoms with Crippen LogP contribution < -0.4 is 0 Å². The summed E-state index contributed by atoms with van der Waals surface area (Å²) in [6, 6.07) is 0. The monoisotopic (exact) mass is 477 g/mol. The molecule has 0 N–H and O–H groups in total. The zero-order chi connectivity index (χ0) is 25.6. The number of hydrogen-bond donors (Lipinski definition) is 0. The molecule has 2 fully saturated rings. The van der Waals surface area contributed by atoms with Crippen LogP contribution >= 0.6 is 0 Å². The minimum absolute atomic E-state index is 0.0348. The third-order valence-corrected chi connectivity index (χ3v) is 8.89. The Morgan fingerprint density at radius 2 is 2.06 bits per heavy atom. The highest BCUT2D eigenvalue weighted by Gasteiger charge is 2.45. The summed E-state index contributed by atoms with van der Waals surface area (Å²) >= 11 is 0. The second-order valence-electron chi connectivity index (χ2n) is 12.8. The summed E-state index contributed by atoms with van der Waals surface area (Å²) in [6.45, 7) is 22.6. The average molecular weight is 478 g/mol. The van der Waals surface area contributed by atoms with Crippen molar-refractivity contribution in [3.8, 4) is 0 Å². The van der Waals surface area contributed by atoms with Crippen LogP contribution in [0.4, 0.5) is 0 Å². The van der Waals surface area contributed by atoms with Crippen LogP contribution in [0.5, 0.6) is 0 Å². The molecule has 4 atom stereocenters. The van der Waals surface area contributed by atoms with Crippen LogP contribution in [0.15, 0.2) is 64.9 Å². The zero-order valence-corrected chi connectivity index (χ0v) is 23.6. The van der Waals surface area contributed by atoms with Crippen molar-refractivity contribution in [1.29, 1.82) is 0 Å². The lowest BCUT2D eigenvalue weighted by molar-refractivity contribution is 0.170. The summed E-state index contributed by atoms with van der Waals surface area (Å²) < 4.78 is 0. The van der Waals surface area contributed by atoms with Crippen molar-refractivity contribution in [2.24, 2.45) is 33.7 Å². The van der Waals surface area contributed by atoms with Gasteiger partial charge < -0.3 is 4.84 Å². The molecule has 0 heterocycles. The second-order valence-corrected chi connectivity index (χ2v) is 12.8. The third kappa shape index (κ3) is 6.89. The van der Waals surface area contributed by atoms with Gasteiger partial charge in [-0.2, -0.15) is 0 Å². The Morgan fingerprint density at radius 3 is 2.77 bits per heavy atom. The predicted octanol–water partition coefficient (Wildman–Crippen LogP) is 9.76. The SMILES string of the molecule is C=CCON=C(CCC[C@@H](C)C1=CC[C@H]2C(=CC=C3C[C@@H](C)CCC3=C)CCC[C@]12C)C(C)(C)C. The van der Waals surface area contributed by atoms with Gasteiger partial charge >= 0.3 is 0 Å². The maximum absolute atomic E-state index is 5.45. The number of fused-ring (bicyclic) bond motifs is 1. The topological polar surface area (TPSA) is 21.6 Å². The lowest BCUT2D eigenvalue weighted by atomic mass is 9.62. The van der Waals surface area contributed by atoms with E-state index in [2.05, 4.69) is 78.1 Å². The van der Waals surface area contributed by atoms with Gasteiger partial charge in [-0.1, -0.05) is 101 Å². The smallest absolute Gasteiger partial charge is 0.135 e. The Kier molecular flexibility index (Phi) is 9.47. The van der Waals surface area contributed by atoms with Gasteiger partial charge in [-0.05, 0) is 93.0 Å². The van der Waals surface area contributed by atoms with Crippen LogP contribution in [-0.4, -0.2) is 12.3 Å². The highest BCUT2D eigenvalue weighted by molar-refractivity contribution is 5.88. The molecule has 0 unspecified atom stereocenters. The fourth-order valence-corrected chi connectivity index (χ4v) is 6.67. The Hall–Kier alpha value is -1.83. The van der Waals surface area contributed by atoms with Gasteiger partial charge in [-0.3, -0.25) is 0 Å². The number of oxime groups is 1. The van der Waals surface area contributed by atoms with Crippen molar-refractivity contribution in [3.05, 3.63) is 59.8 Å². The van der Waals surface area contributed by atoms with Gasteiger partial charge in [-0.25, -0.2) is 0 Å². The molecule has 3 rings (SSSR count). The van der Waals surface area contributed by atoms with E-state index in [9.17, 15) is 0 Å². The molecule has 35 heavy (non-hydrogen) atoms. The second kappa shape index (κ2) is 11.9. The fraction of sp³-hybridized carbons (Fsp3) is 0.667. The lowest BCUT2D eigenvalue weighted by Crippen LogP contribution is -2.32. The number of rotatable bonds is 9. The molecule has 0 amide bonds. The van der Waals surface area contributed by atoms with Gasteiger partial charge in [0, 0.05) is 5.41 Å². The molecule has 0 aliphatic heterocycles. The van der Waals surface area contributed by atoms with Gasteiger partial charge in [-0.15, -0.1) is 0 Å². The summed E-state index contributed by atoms with van der Waals surface area (Å²) in [5.41, 5.74) is 7.78. The zero-order valence-electron chi connectivity index (χ0n) is 23.6. The van der Waals surface area contributed by atoms with Crippen LogP contribution in [0, 0.1) is 28.6 Å². The van der Waals surface area contributed by atoms with E-state index in [0.717, 1.165) is 24.5 Å². The molecule has 2 nitrogen and oxygen atoms in total.